The number of hydrogen-bond acceptors (Lipinski definition) is 4. The van der Waals surface area contributed by atoms with Crippen molar-refractivity contribution in [3.05, 3.63) is 0 Å². The molecule has 0 bridgehead atoms. The standard InChI is InChI=1S/C22H45NO4/c1-3-4-5-6-7-8-9-10-11-12-13-14-15-16-21(26)20(18-24)23-22(27)17-19(2)25/h19-21,24-26H,3-18H2,1-2H3,(H,23,27)/t19?,20-,21+/m0/s1. The van der Waals surface area contributed by atoms with Gasteiger partial charge in [-0.05, 0) is 13.3 Å². The zero-order valence-electron chi connectivity index (χ0n) is 17.8. The summed E-state index contributed by atoms with van der Waals surface area (Å²) in [7, 11) is 0. The Bertz CT molecular complexity index is 336. The lowest BCUT2D eigenvalue weighted by Gasteiger charge is -2.22. The van der Waals surface area contributed by atoms with Crippen LogP contribution in [0.25, 0.3) is 0 Å². The largest absolute Gasteiger partial charge is 0.394 e. The van der Waals surface area contributed by atoms with Crippen molar-refractivity contribution in [1.82, 2.24) is 5.32 Å². The molecule has 0 aliphatic carbocycles. The Hall–Kier alpha value is -0.650. The third-order valence-corrected chi connectivity index (χ3v) is 5.09. The van der Waals surface area contributed by atoms with Gasteiger partial charge in [0.25, 0.3) is 0 Å². The predicted octanol–water partition coefficient (Wildman–Crippen LogP) is 4.08. The molecule has 5 nitrogen and oxygen atoms in total. The molecule has 162 valence electrons. The molecule has 27 heavy (non-hydrogen) atoms. The van der Waals surface area contributed by atoms with Crippen molar-refractivity contribution in [2.24, 2.45) is 0 Å². The zero-order chi connectivity index (χ0) is 20.3. The third-order valence-electron chi connectivity index (χ3n) is 5.09. The lowest BCUT2D eigenvalue weighted by Crippen LogP contribution is -2.46. The fourth-order valence-corrected chi connectivity index (χ4v) is 3.37. The summed E-state index contributed by atoms with van der Waals surface area (Å²) in [6.07, 6.45) is 15.8. The topological polar surface area (TPSA) is 89.8 Å². The Morgan fingerprint density at radius 3 is 1.67 bits per heavy atom. The average Bonchev–Trinajstić information content (AvgIpc) is 2.62. The van der Waals surface area contributed by atoms with E-state index in [-0.39, 0.29) is 18.9 Å². The van der Waals surface area contributed by atoms with Crippen molar-refractivity contribution in [3.8, 4) is 0 Å². The number of carbonyl (C=O) groups is 1. The van der Waals surface area contributed by atoms with Crippen LogP contribution in [0, 0.1) is 0 Å². The molecule has 5 heteroatoms. The first-order valence-electron chi connectivity index (χ1n) is 11.3. The van der Waals surface area contributed by atoms with Crippen molar-refractivity contribution < 1.29 is 20.1 Å². The number of carbonyl (C=O) groups excluding carboxylic acids is 1. The first kappa shape index (κ1) is 26.4. The van der Waals surface area contributed by atoms with Crippen LogP contribution in [-0.2, 0) is 4.79 Å². The number of aliphatic hydroxyl groups is 3. The van der Waals surface area contributed by atoms with Crippen molar-refractivity contribution in [3.63, 3.8) is 0 Å². The number of aliphatic hydroxyl groups excluding tert-OH is 3. The molecule has 0 radical (unpaired) electrons. The molecule has 0 fully saturated rings. The van der Waals surface area contributed by atoms with E-state index in [4.69, 9.17) is 0 Å². The monoisotopic (exact) mass is 387 g/mol. The van der Waals surface area contributed by atoms with Gasteiger partial charge in [0, 0.05) is 0 Å². The van der Waals surface area contributed by atoms with Gasteiger partial charge in [0.15, 0.2) is 0 Å². The quantitative estimate of drug-likeness (QED) is 0.251. The molecule has 4 N–H and O–H groups in total. The Labute approximate surface area is 166 Å². The van der Waals surface area contributed by atoms with Gasteiger partial charge in [-0.2, -0.15) is 0 Å². The maximum atomic E-state index is 11.6. The summed E-state index contributed by atoms with van der Waals surface area (Å²) in [6.45, 7) is 3.51. The van der Waals surface area contributed by atoms with Crippen molar-refractivity contribution in [2.75, 3.05) is 6.61 Å². The van der Waals surface area contributed by atoms with Gasteiger partial charge in [-0.1, -0.05) is 90.4 Å². The van der Waals surface area contributed by atoms with Gasteiger partial charge in [-0.15, -0.1) is 0 Å². The van der Waals surface area contributed by atoms with E-state index in [0.29, 0.717) is 6.42 Å². The fraction of sp³-hybridized carbons (Fsp3) is 0.955. The van der Waals surface area contributed by atoms with Crippen LogP contribution in [0.15, 0.2) is 0 Å². The van der Waals surface area contributed by atoms with Crippen molar-refractivity contribution in [1.29, 1.82) is 0 Å². The first-order valence-corrected chi connectivity index (χ1v) is 11.3. The molecule has 0 aromatic heterocycles. The van der Waals surface area contributed by atoms with Crippen LogP contribution in [0.4, 0.5) is 0 Å². The molecule has 0 aliphatic heterocycles. The minimum Gasteiger partial charge on any atom is -0.394 e. The van der Waals surface area contributed by atoms with Crippen LogP contribution in [0.1, 0.15) is 110 Å². The SMILES string of the molecule is CCCCCCCCCCCCCCC[C@@H](O)[C@H](CO)NC(=O)CC(C)O. The van der Waals surface area contributed by atoms with Gasteiger partial charge < -0.3 is 20.6 Å². The molecule has 0 aromatic rings. The van der Waals surface area contributed by atoms with E-state index in [1.54, 1.807) is 0 Å². The number of nitrogens with one attached hydrogen (secondary N) is 1. The predicted molar refractivity (Wildman–Crippen MR) is 112 cm³/mol. The second-order valence-electron chi connectivity index (χ2n) is 8.01. The van der Waals surface area contributed by atoms with E-state index < -0.39 is 18.2 Å². The van der Waals surface area contributed by atoms with Gasteiger partial charge in [0.2, 0.25) is 5.91 Å². The third kappa shape index (κ3) is 17.2. The minimum absolute atomic E-state index is 0.0119. The van der Waals surface area contributed by atoms with E-state index in [0.717, 1.165) is 12.8 Å². The molecule has 0 heterocycles. The second kappa shape index (κ2) is 18.7. The highest BCUT2D eigenvalue weighted by Crippen LogP contribution is 2.14. The zero-order valence-corrected chi connectivity index (χ0v) is 17.8. The lowest BCUT2D eigenvalue weighted by molar-refractivity contribution is -0.124. The Morgan fingerprint density at radius 2 is 1.26 bits per heavy atom. The summed E-state index contributed by atoms with van der Waals surface area (Å²) in [6, 6.07) is -0.645. The average molecular weight is 388 g/mol. The van der Waals surface area contributed by atoms with Crippen LogP contribution in [0.5, 0.6) is 0 Å². The molecular weight excluding hydrogens is 342 g/mol. The van der Waals surface area contributed by atoms with Crippen LogP contribution in [0.3, 0.4) is 0 Å². The maximum Gasteiger partial charge on any atom is 0.222 e. The molecular formula is C22H45NO4. The Kier molecular flexibility index (Phi) is 18.3. The second-order valence-corrected chi connectivity index (χ2v) is 8.01. The van der Waals surface area contributed by atoms with E-state index >= 15 is 0 Å². The molecule has 0 saturated heterocycles. The van der Waals surface area contributed by atoms with E-state index in [1.807, 2.05) is 0 Å². The summed E-state index contributed by atoms with van der Waals surface area (Å²) in [4.78, 5) is 11.6. The highest BCUT2D eigenvalue weighted by molar-refractivity contribution is 5.76. The van der Waals surface area contributed by atoms with E-state index in [9.17, 15) is 20.1 Å². The van der Waals surface area contributed by atoms with Crippen LogP contribution in [0.2, 0.25) is 0 Å². The van der Waals surface area contributed by atoms with Gasteiger partial charge in [-0.25, -0.2) is 0 Å². The highest BCUT2D eigenvalue weighted by Gasteiger charge is 2.20. The molecule has 0 aliphatic rings. The van der Waals surface area contributed by atoms with E-state index in [2.05, 4.69) is 12.2 Å². The molecule has 0 saturated carbocycles. The number of rotatable bonds is 19. The van der Waals surface area contributed by atoms with Gasteiger partial charge in [0.1, 0.15) is 0 Å². The summed E-state index contributed by atoms with van der Waals surface area (Å²) in [5, 5.41) is 31.3. The van der Waals surface area contributed by atoms with Gasteiger partial charge >= 0.3 is 0 Å². The number of unbranched alkanes of at least 4 members (excludes halogenated alkanes) is 12. The molecule has 0 rings (SSSR count). The Morgan fingerprint density at radius 1 is 0.815 bits per heavy atom. The van der Waals surface area contributed by atoms with Crippen molar-refractivity contribution in [2.45, 2.75) is 128 Å². The first-order chi connectivity index (χ1) is 13.0. The number of hydrogen-bond donors (Lipinski definition) is 4. The van der Waals surface area contributed by atoms with Crippen LogP contribution < -0.4 is 5.32 Å². The molecule has 0 spiro atoms. The molecule has 3 atom stereocenters. The smallest absolute Gasteiger partial charge is 0.222 e. The molecule has 1 amide bonds. The highest BCUT2D eigenvalue weighted by atomic mass is 16.3. The van der Waals surface area contributed by atoms with Crippen LogP contribution >= 0.6 is 0 Å². The van der Waals surface area contributed by atoms with Gasteiger partial charge in [0.05, 0.1) is 31.3 Å². The number of amides is 1. The summed E-state index contributed by atoms with van der Waals surface area (Å²) < 4.78 is 0. The maximum absolute atomic E-state index is 11.6. The summed E-state index contributed by atoms with van der Waals surface area (Å²) >= 11 is 0. The lowest BCUT2D eigenvalue weighted by atomic mass is 10.0. The molecule has 1 unspecified atom stereocenters. The summed E-state index contributed by atoms with van der Waals surface area (Å²) in [5.41, 5.74) is 0. The van der Waals surface area contributed by atoms with E-state index in [1.165, 1.54) is 77.6 Å². The van der Waals surface area contributed by atoms with Gasteiger partial charge in [-0.3, -0.25) is 4.79 Å². The molecule has 0 aromatic carbocycles. The Balaban J connectivity index is 3.53. The minimum atomic E-state index is -0.736. The fourth-order valence-electron chi connectivity index (χ4n) is 3.37. The summed E-state index contributed by atoms with van der Waals surface area (Å²) in [5.74, 6) is -0.339. The van der Waals surface area contributed by atoms with Crippen molar-refractivity contribution >= 4 is 5.91 Å². The van der Waals surface area contributed by atoms with Crippen LogP contribution in [-0.4, -0.2) is 46.1 Å². The normalized spacial score (nSPS) is 14.7.